The highest BCUT2D eigenvalue weighted by Gasteiger charge is 2.10. The SMILES string of the molecule is CCN=C(N[Si])C(NCC)NCC. The van der Waals surface area contributed by atoms with Crippen LogP contribution in [0.4, 0.5) is 0 Å². The maximum absolute atomic E-state index is 4.31. The Morgan fingerprint density at radius 3 is 2.08 bits per heavy atom. The summed E-state index contributed by atoms with van der Waals surface area (Å²) in [6.45, 7) is 8.75. The van der Waals surface area contributed by atoms with Gasteiger partial charge in [0.2, 0.25) is 0 Å². The van der Waals surface area contributed by atoms with Crippen LogP contribution in [0.15, 0.2) is 4.99 Å². The molecule has 0 rings (SSSR count). The number of hydrogen-bond acceptors (Lipinski definition) is 3. The van der Waals surface area contributed by atoms with Gasteiger partial charge in [-0.25, -0.2) is 0 Å². The lowest BCUT2D eigenvalue weighted by Crippen LogP contribution is -2.52. The summed E-state index contributed by atoms with van der Waals surface area (Å²) < 4.78 is 0. The Morgan fingerprint density at radius 1 is 1.23 bits per heavy atom. The molecule has 75 valence electrons. The van der Waals surface area contributed by atoms with Crippen molar-refractivity contribution in [2.24, 2.45) is 4.99 Å². The maximum atomic E-state index is 4.31. The summed E-state index contributed by atoms with van der Waals surface area (Å²) in [5.74, 6) is 0.892. The van der Waals surface area contributed by atoms with Crippen LogP contribution in [0.25, 0.3) is 0 Å². The van der Waals surface area contributed by atoms with Gasteiger partial charge in [0.25, 0.3) is 0 Å². The van der Waals surface area contributed by atoms with E-state index < -0.39 is 0 Å². The third kappa shape index (κ3) is 5.02. The maximum Gasteiger partial charge on any atom is 0.187 e. The van der Waals surface area contributed by atoms with Gasteiger partial charge in [-0.05, 0) is 20.0 Å². The normalized spacial score (nSPS) is 12.2. The number of nitrogens with one attached hydrogen (secondary N) is 3. The molecule has 3 N–H and O–H groups in total. The van der Waals surface area contributed by atoms with Crippen LogP contribution in [0.5, 0.6) is 0 Å². The predicted molar refractivity (Wildman–Crippen MR) is 58.0 cm³/mol. The van der Waals surface area contributed by atoms with E-state index >= 15 is 0 Å². The Morgan fingerprint density at radius 2 is 1.77 bits per heavy atom. The van der Waals surface area contributed by atoms with Gasteiger partial charge in [-0.2, -0.15) is 0 Å². The third-order valence-electron chi connectivity index (χ3n) is 1.55. The van der Waals surface area contributed by atoms with Crippen molar-refractivity contribution in [2.75, 3.05) is 19.6 Å². The van der Waals surface area contributed by atoms with Crippen LogP contribution in [0, 0.1) is 0 Å². The predicted octanol–water partition coefficient (Wildman–Crippen LogP) is -0.377. The zero-order valence-corrected chi connectivity index (χ0v) is 9.65. The minimum atomic E-state index is 0.104. The van der Waals surface area contributed by atoms with E-state index in [0.29, 0.717) is 0 Å². The zero-order chi connectivity index (χ0) is 10.1. The first kappa shape index (κ1) is 12.6. The minimum Gasteiger partial charge on any atom is -0.399 e. The Kier molecular flexibility index (Phi) is 7.97. The van der Waals surface area contributed by atoms with Crippen molar-refractivity contribution >= 4 is 16.2 Å². The quantitative estimate of drug-likeness (QED) is 0.237. The van der Waals surface area contributed by atoms with Crippen LogP contribution in [0.2, 0.25) is 0 Å². The average molecular weight is 199 g/mol. The van der Waals surface area contributed by atoms with Crippen molar-refractivity contribution in [3.8, 4) is 0 Å². The Balaban J connectivity index is 4.20. The van der Waals surface area contributed by atoms with Gasteiger partial charge in [-0.15, -0.1) is 0 Å². The molecule has 0 amide bonds. The summed E-state index contributed by atoms with van der Waals surface area (Å²) in [5.41, 5.74) is 0. The molecule has 0 aliphatic rings. The van der Waals surface area contributed by atoms with Gasteiger partial charge in [0, 0.05) is 6.54 Å². The van der Waals surface area contributed by atoms with E-state index in [-0.39, 0.29) is 6.17 Å². The Labute approximate surface area is 84.1 Å². The number of rotatable bonds is 6. The van der Waals surface area contributed by atoms with Crippen LogP contribution in [-0.4, -0.2) is 42.0 Å². The molecule has 4 nitrogen and oxygen atoms in total. The van der Waals surface area contributed by atoms with Crippen molar-refractivity contribution in [1.82, 2.24) is 15.6 Å². The van der Waals surface area contributed by atoms with Crippen LogP contribution in [-0.2, 0) is 0 Å². The second-order valence-electron chi connectivity index (χ2n) is 2.53. The third-order valence-corrected chi connectivity index (χ3v) is 1.80. The zero-order valence-electron chi connectivity index (χ0n) is 8.65. The van der Waals surface area contributed by atoms with Crippen molar-refractivity contribution in [3.05, 3.63) is 0 Å². The Hall–Kier alpha value is -0.393. The van der Waals surface area contributed by atoms with Crippen molar-refractivity contribution in [3.63, 3.8) is 0 Å². The van der Waals surface area contributed by atoms with Crippen molar-refractivity contribution in [1.29, 1.82) is 0 Å². The fourth-order valence-corrected chi connectivity index (χ4v) is 1.27. The fraction of sp³-hybridized carbons (Fsp3) is 0.875. The molecule has 0 aromatic rings. The van der Waals surface area contributed by atoms with E-state index in [0.717, 1.165) is 25.5 Å². The molecule has 0 unspecified atom stereocenters. The highest BCUT2D eigenvalue weighted by molar-refractivity contribution is 6.16. The molecular formula is C8H19N4Si. The number of hydrogen-bond donors (Lipinski definition) is 3. The molecule has 3 radical (unpaired) electrons. The molecule has 0 heterocycles. The molecule has 13 heavy (non-hydrogen) atoms. The number of nitrogens with zero attached hydrogens (tertiary/aromatic N) is 1. The van der Waals surface area contributed by atoms with Crippen LogP contribution < -0.4 is 15.6 Å². The molecule has 0 saturated carbocycles. The lowest BCUT2D eigenvalue weighted by Gasteiger charge is -2.20. The molecule has 0 aliphatic heterocycles. The lowest BCUT2D eigenvalue weighted by molar-refractivity contribution is 0.537. The first-order valence-electron chi connectivity index (χ1n) is 4.73. The smallest absolute Gasteiger partial charge is 0.187 e. The monoisotopic (exact) mass is 199 g/mol. The molecule has 0 aromatic carbocycles. The molecule has 0 fully saturated rings. The Bertz CT molecular complexity index is 143. The van der Waals surface area contributed by atoms with Gasteiger partial charge in [-0.1, -0.05) is 13.8 Å². The van der Waals surface area contributed by atoms with Gasteiger partial charge >= 0.3 is 0 Å². The van der Waals surface area contributed by atoms with Crippen LogP contribution in [0.3, 0.4) is 0 Å². The van der Waals surface area contributed by atoms with Gasteiger partial charge in [-0.3, -0.25) is 15.6 Å². The number of aliphatic imine (C=N–C) groups is 1. The van der Waals surface area contributed by atoms with Crippen molar-refractivity contribution < 1.29 is 0 Å². The number of amidine groups is 1. The molecule has 0 saturated heterocycles. The molecule has 0 spiro atoms. The van der Waals surface area contributed by atoms with E-state index in [1.165, 1.54) is 0 Å². The molecule has 0 atom stereocenters. The topological polar surface area (TPSA) is 48.5 Å². The second kappa shape index (κ2) is 8.22. The molecule has 0 aromatic heterocycles. The van der Waals surface area contributed by atoms with Gasteiger partial charge in [0.15, 0.2) is 10.4 Å². The first-order valence-corrected chi connectivity index (χ1v) is 5.23. The second-order valence-corrected chi connectivity index (χ2v) is 2.78. The summed E-state index contributed by atoms with van der Waals surface area (Å²) in [4.78, 5) is 7.22. The van der Waals surface area contributed by atoms with Gasteiger partial charge < -0.3 is 4.98 Å². The van der Waals surface area contributed by atoms with E-state index in [2.05, 4.69) is 44.9 Å². The average Bonchev–Trinajstić information content (AvgIpc) is 2.14. The summed E-state index contributed by atoms with van der Waals surface area (Å²) in [6, 6.07) is 0. The molecule has 0 bridgehead atoms. The summed E-state index contributed by atoms with van der Waals surface area (Å²) in [5, 5.41) is 6.57. The highest BCUT2D eigenvalue weighted by Crippen LogP contribution is 1.83. The molecule has 5 heteroatoms. The minimum absolute atomic E-state index is 0.104. The first-order chi connectivity index (χ1) is 6.29. The van der Waals surface area contributed by atoms with E-state index in [4.69, 9.17) is 0 Å². The summed E-state index contributed by atoms with van der Waals surface area (Å²) in [7, 11) is 3.24. The molecular weight excluding hydrogens is 180 g/mol. The molecule has 0 aliphatic carbocycles. The lowest BCUT2D eigenvalue weighted by atomic mass is 10.4. The summed E-state index contributed by atoms with van der Waals surface area (Å²) in [6.07, 6.45) is 0.104. The van der Waals surface area contributed by atoms with E-state index in [9.17, 15) is 0 Å². The van der Waals surface area contributed by atoms with Crippen LogP contribution in [0.1, 0.15) is 20.8 Å². The van der Waals surface area contributed by atoms with Crippen molar-refractivity contribution in [2.45, 2.75) is 26.9 Å². The highest BCUT2D eigenvalue weighted by atomic mass is 28.2. The van der Waals surface area contributed by atoms with E-state index in [1.54, 1.807) is 0 Å². The largest absolute Gasteiger partial charge is 0.399 e. The number of likely N-dealkylation sites (N-methyl/N-ethyl adjacent to an activating group) is 2. The summed E-state index contributed by atoms with van der Waals surface area (Å²) >= 11 is 0. The fourth-order valence-electron chi connectivity index (χ4n) is 1.05. The van der Waals surface area contributed by atoms with Crippen LogP contribution >= 0.6 is 0 Å². The van der Waals surface area contributed by atoms with E-state index in [1.807, 2.05) is 6.92 Å². The standard InChI is InChI=1S/C8H19N4Si/c1-4-9-7(10-5-2)8(12-13)11-6-3/h7,9-10H,4-6H2,1-3H3,(H,11,12). The van der Waals surface area contributed by atoms with Gasteiger partial charge in [0.1, 0.15) is 12.0 Å². The van der Waals surface area contributed by atoms with Gasteiger partial charge in [0.05, 0.1) is 0 Å².